The van der Waals surface area contributed by atoms with Gasteiger partial charge < -0.3 is 19.1 Å². The smallest absolute Gasteiger partial charge is 0.410 e. The zero-order valence-electron chi connectivity index (χ0n) is 16.0. The van der Waals surface area contributed by atoms with Crippen LogP contribution in [0.4, 0.5) is 4.79 Å². The van der Waals surface area contributed by atoms with E-state index in [4.69, 9.17) is 25.8 Å². The summed E-state index contributed by atoms with van der Waals surface area (Å²) in [4.78, 5) is 22.2. The van der Waals surface area contributed by atoms with E-state index in [1.54, 1.807) is 24.1 Å². The molecule has 0 bridgehead atoms. The number of benzene rings is 1. The predicted molar refractivity (Wildman–Crippen MR) is 103 cm³/mol. The molecule has 1 atom stereocenters. The number of rotatable bonds is 3. The van der Waals surface area contributed by atoms with Gasteiger partial charge in [0.2, 0.25) is 0 Å². The van der Waals surface area contributed by atoms with Gasteiger partial charge >= 0.3 is 6.09 Å². The Hall–Kier alpha value is -2.28. The minimum Gasteiger partial charge on any atom is -0.493 e. The van der Waals surface area contributed by atoms with E-state index in [1.807, 2.05) is 20.8 Å². The summed E-state index contributed by atoms with van der Waals surface area (Å²) in [5, 5.41) is 1.04. The maximum atomic E-state index is 12.3. The first-order valence-corrected chi connectivity index (χ1v) is 9.27. The van der Waals surface area contributed by atoms with Gasteiger partial charge in [-0.3, -0.25) is 0 Å². The summed E-state index contributed by atoms with van der Waals surface area (Å²) in [6.07, 6.45) is 2.59. The zero-order chi connectivity index (χ0) is 19.6. The highest BCUT2D eigenvalue weighted by atomic mass is 35.5. The van der Waals surface area contributed by atoms with Gasteiger partial charge in [-0.05, 0) is 39.7 Å². The molecule has 1 amide bonds. The van der Waals surface area contributed by atoms with Crippen molar-refractivity contribution in [1.82, 2.24) is 14.9 Å². The number of ether oxygens (including phenoxy) is 3. The molecule has 8 heteroatoms. The third-order valence-electron chi connectivity index (χ3n) is 4.20. The summed E-state index contributed by atoms with van der Waals surface area (Å²) in [5.41, 5.74) is 0.154. The fraction of sp³-hybridized carbons (Fsp3) is 0.526. The highest BCUT2D eigenvalue weighted by molar-refractivity contribution is 6.34. The molecule has 0 aliphatic carbocycles. The zero-order valence-corrected chi connectivity index (χ0v) is 16.7. The van der Waals surface area contributed by atoms with Crippen LogP contribution in [0.25, 0.3) is 10.9 Å². The SMILES string of the molecule is COc1cc2ncnc(Cl)c2cc1O[C@@H]1CCCN(C(=O)OC(C)(C)C)C1. The van der Waals surface area contributed by atoms with E-state index >= 15 is 0 Å². The van der Waals surface area contributed by atoms with Gasteiger partial charge in [0.05, 0.1) is 19.2 Å². The molecular weight excluding hydrogens is 370 g/mol. The molecule has 3 rings (SSSR count). The minimum absolute atomic E-state index is 0.166. The lowest BCUT2D eigenvalue weighted by Gasteiger charge is -2.34. The number of fused-ring (bicyclic) bond motifs is 1. The van der Waals surface area contributed by atoms with Crippen molar-refractivity contribution in [3.05, 3.63) is 23.6 Å². The summed E-state index contributed by atoms with van der Waals surface area (Å²) in [6.45, 7) is 6.68. The lowest BCUT2D eigenvalue weighted by atomic mass is 10.1. The van der Waals surface area contributed by atoms with Gasteiger partial charge in [0.15, 0.2) is 11.5 Å². The van der Waals surface area contributed by atoms with Gasteiger partial charge in [-0.15, -0.1) is 0 Å². The number of carbonyl (C=O) groups is 1. The summed E-state index contributed by atoms with van der Waals surface area (Å²) >= 11 is 6.18. The van der Waals surface area contributed by atoms with Crippen LogP contribution in [-0.2, 0) is 4.74 Å². The van der Waals surface area contributed by atoms with Gasteiger partial charge in [-0.2, -0.15) is 0 Å². The van der Waals surface area contributed by atoms with E-state index < -0.39 is 5.60 Å². The average Bonchev–Trinajstić information content (AvgIpc) is 2.61. The molecule has 0 unspecified atom stereocenters. The normalized spacial score (nSPS) is 17.7. The van der Waals surface area contributed by atoms with Gasteiger partial charge in [-0.25, -0.2) is 14.8 Å². The molecule has 1 aromatic heterocycles. The van der Waals surface area contributed by atoms with E-state index in [2.05, 4.69) is 9.97 Å². The van der Waals surface area contributed by atoms with Crippen LogP contribution < -0.4 is 9.47 Å². The topological polar surface area (TPSA) is 73.8 Å². The Balaban J connectivity index is 1.78. The Morgan fingerprint density at radius 2 is 2.04 bits per heavy atom. The lowest BCUT2D eigenvalue weighted by molar-refractivity contribution is 0.00753. The van der Waals surface area contributed by atoms with Crippen molar-refractivity contribution in [3.63, 3.8) is 0 Å². The van der Waals surface area contributed by atoms with Crippen LogP contribution >= 0.6 is 11.6 Å². The number of carbonyl (C=O) groups excluding carboxylic acids is 1. The second kappa shape index (κ2) is 7.76. The summed E-state index contributed by atoms with van der Waals surface area (Å²) < 4.78 is 17.1. The van der Waals surface area contributed by atoms with Crippen molar-refractivity contribution >= 4 is 28.6 Å². The highest BCUT2D eigenvalue weighted by Gasteiger charge is 2.29. The number of hydrogen-bond acceptors (Lipinski definition) is 6. The fourth-order valence-corrected chi connectivity index (χ4v) is 3.19. The third-order valence-corrected chi connectivity index (χ3v) is 4.50. The number of likely N-dealkylation sites (tertiary alicyclic amines) is 1. The van der Waals surface area contributed by atoms with E-state index in [-0.39, 0.29) is 12.2 Å². The quantitative estimate of drug-likeness (QED) is 0.732. The number of amides is 1. The Morgan fingerprint density at radius 3 is 2.74 bits per heavy atom. The van der Waals surface area contributed by atoms with Crippen LogP contribution in [0, 0.1) is 0 Å². The van der Waals surface area contributed by atoms with Crippen molar-refractivity contribution in [3.8, 4) is 11.5 Å². The number of methoxy groups -OCH3 is 1. The number of hydrogen-bond donors (Lipinski definition) is 0. The first kappa shape index (κ1) is 19.5. The molecule has 0 N–H and O–H groups in total. The van der Waals surface area contributed by atoms with Crippen molar-refractivity contribution in [2.24, 2.45) is 0 Å². The largest absolute Gasteiger partial charge is 0.493 e. The maximum absolute atomic E-state index is 12.3. The van der Waals surface area contributed by atoms with Gasteiger partial charge in [-0.1, -0.05) is 11.6 Å². The van der Waals surface area contributed by atoms with Crippen LogP contribution in [0.1, 0.15) is 33.6 Å². The highest BCUT2D eigenvalue weighted by Crippen LogP contribution is 2.35. The van der Waals surface area contributed by atoms with Crippen molar-refractivity contribution < 1.29 is 19.0 Å². The Bertz CT molecular complexity index is 838. The second-order valence-electron chi connectivity index (χ2n) is 7.49. The summed E-state index contributed by atoms with van der Waals surface area (Å²) in [5.74, 6) is 1.12. The molecule has 0 spiro atoms. The van der Waals surface area contributed by atoms with Gasteiger partial charge in [0.1, 0.15) is 23.2 Å². The molecule has 0 radical (unpaired) electrons. The van der Waals surface area contributed by atoms with Crippen LogP contribution in [0.15, 0.2) is 18.5 Å². The van der Waals surface area contributed by atoms with E-state index in [0.717, 1.165) is 12.8 Å². The van der Waals surface area contributed by atoms with Crippen molar-refractivity contribution in [2.75, 3.05) is 20.2 Å². The second-order valence-corrected chi connectivity index (χ2v) is 7.85. The van der Waals surface area contributed by atoms with Crippen LogP contribution in [0.5, 0.6) is 11.5 Å². The summed E-state index contributed by atoms with van der Waals surface area (Å²) in [6, 6.07) is 3.55. The fourth-order valence-electron chi connectivity index (χ4n) is 2.99. The lowest BCUT2D eigenvalue weighted by Crippen LogP contribution is -2.46. The molecule has 27 heavy (non-hydrogen) atoms. The summed E-state index contributed by atoms with van der Waals surface area (Å²) in [7, 11) is 1.57. The molecule has 1 aliphatic rings. The van der Waals surface area contributed by atoms with E-state index in [1.165, 1.54) is 6.33 Å². The molecule has 0 saturated carbocycles. The molecule has 1 aromatic carbocycles. The number of piperidine rings is 1. The Kier molecular flexibility index (Phi) is 5.60. The molecule has 7 nitrogen and oxygen atoms in total. The van der Waals surface area contributed by atoms with Gasteiger partial charge in [0, 0.05) is 18.0 Å². The first-order chi connectivity index (χ1) is 12.8. The van der Waals surface area contributed by atoms with Crippen LogP contribution in [0.3, 0.4) is 0 Å². The van der Waals surface area contributed by atoms with E-state index in [0.29, 0.717) is 40.6 Å². The Morgan fingerprint density at radius 1 is 1.26 bits per heavy atom. The molecule has 1 aliphatic heterocycles. The molecule has 2 heterocycles. The predicted octanol–water partition coefficient (Wildman–Crippen LogP) is 4.07. The standard InChI is InChI=1S/C19H24ClN3O4/c1-19(2,3)27-18(24)23-7-5-6-12(10-23)26-16-8-13-14(9-15(16)25-4)21-11-22-17(13)20/h8-9,11-12H,5-7,10H2,1-4H3/t12-/m1/s1. The first-order valence-electron chi connectivity index (χ1n) is 8.89. The van der Waals surface area contributed by atoms with Crippen molar-refractivity contribution in [1.29, 1.82) is 0 Å². The minimum atomic E-state index is -0.525. The van der Waals surface area contributed by atoms with Gasteiger partial charge in [0.25, 0.3) is 0 Å². The Labute approximate surface area is 163 Å². The van der Waals surface area contributed by atoms with Crippen LogP contribution in [-0.4, -0.2) is 52.9 Å². The van der Waals surface area contributed by atoms with Crippen molar-refractivity contribution in [2.45, 2.75) is 45.3 Å². The number of halogens is 1. The number of aromatic nitrogens is 2. The number of nitrogens with zero attached hydrogens (tertiary/aromatic N) is 3. The average molecular weight is 394 g/mol. The molecule has 1 fully saturated rings. The monoisotopic (exact) mass is 393 g/mol. The molecule has 2 aromatic rings. The maximum Gasteiger partial charge on any atom is 0.410 e. The molecular formula is C19H24ClN3O4. The molecule has 146 valence electrons. The van der Waals surface area contributed by atoms with Crippen LogP contribution in [0.2, 0.25) is 5.15 Å². The van der Waals surface area contributed by atoms with E-state index in [9.17, 15) is 4.79 Å². The molecule has 1 saturated heterocycles. The third kappa shape index (κ3) is 4.71.